The molecule has 90 valence electrons. The number of nitrogens with zero attached hydrogens (tertiary/aromatic N) is 1. The van der Waals surface area contributed by atoms with Crippen molar-refractivity contribution in [3.63, 3.8) is 0 Å². The highest BCUT2D eigenvalue weighted by Crippen LogP contribution is 2.22. The molecule has 1 fully saturated rings. The summed E-state index contributed by atoms with van der Waals surface area (Å²) in [7, 11) is -3.33. The lowest BCUT2D eigenvalue weighted by Gasteiger charge is -2.40. The van der Waals surface area contributed by atoms with Crippen molar-refractivity contribution < 1.29 is 18.3 Å². The van der Waals surface area contributed by atoms with Crippen molar-refractivity contribution in [3.8, 4) is 0 Å². The summed E-state index contributed by atoms with van der Waals surface area (Å²) in [6.07, 6.45) is -0.109. The highest BCUT2D eigenvalue weighted by Gasteiger charge is 2.36. The highest BCUT2D eigenvalue weighted by atomic mass is 32.2. The summed E-state index contributed by atoms with van der Waals surface area (Å²) in [4.78, 5) is 0. The zero-order valence-corrected chi connectivity index (χ0v) is 10.2. The van der Waals surface area contributed by atoms with Crippen LogP contribution in [0.4, 0.5) is 0 Å². The molecular weight excluding hydrogens is 218 g/mol. The van der Waals surface area contributed by atoms with Gasteiger partial charge in [-0.25, -0.2) is 8.42 Å². The average molecular weight is 237 g/mol. The normalized spacial score (nSPS) is 27.9. The minimum atomic E-state index is -3.33. The first kappa shape index (κ1) is 12.9. The standard InChI is InChI=1S/C9H19NO4S/c1-8-6-10(7-9(2,3)14-8)15(12,13)5-4-11/h8,11H,4-7H2,1-3H3. The number of morpholine rings is 1. The SMILES string of the molecule is CC1CN(S(=O)(=O)CCO)CC(C)(C)O1. The largest absolute Gasteiger partial charge is 0.395 e. The number of hydrogen-bond donors (Lipinski definition) is 1. The molecule has 1 aliphatic rings. The molecule has 0 spiro atoms. The number of rotatable bonds is 3. The molecule has 0 saturated carbocycles. The molecule has 1 saturated heterocycles. The van der Waals surface area contributed by atoms with E-state index in [9.17, 15) is 8.42 Å². The van der Waals surface area contributed by atoms with Crippen molar-refractivity contribution in [2.45, 2.75) is 32.5 Å². The number of hydrogen-bond acceptors (Lipinski definition) is 4. The van der Waals surface area contributed by atoms with Crippen LogP contribution in [0.2, 0.25) is 0 Å². The second-order valence-electron chi connectivity index (χ2n) is 4.52. The lowest BCUT2D eigenvalue weighted by molar-refractivity contribution is -0.109. The summed E-state index contributed by atoms with van der Waals surface area (Å²) in [6, 6.07) is 0. The zero-order valence-electron chi connectivity index (χ0n) is 9.43. The van der Waals surface area contributed by atoms with E-state index in [0.717, 1.165) is 0 Å². The first-order valence-corrected chi connectivity index (χ1v) is 6.64. The Bertz CT molecular complexity index is 312. The fourth-order valence-corrected chi connectivity index (χ4v) is 3.29. The average Bonchev–Trinajstić information content (AvgIpc) is 1.99. The van der Waals surface area contributed by atoms with Crippen LogP contribution in [0.15, 0.2) is 0 Å². The molecule has 0 amide bonds. The van der Waals surface area contributed by atoms with Gasteiger partial charge in [0.2, 0.25) is 10.0 Å². The Morgan fingerprint density at radius 2 is 2.13 bits per heavy atom. The minimum absolute atomic E-state index is 0.109. The maximum absolute atomic E-state index is 11.7. The molecule has 1 N–H and O–H groups in total. The van der Waals surface area contributed by atoms with Gasteiger partial charge in [-0.2, -0.15) is 4.31 Å². The Hall–Kier alpha value is -0.170. The van der Waals surface area contributed by atoms with E-state index in [0.29, 0.717) is 13.1 Å². The maximum Gasteiger partial charge on any atom is 0.216 e. The van der Waals surface area contributed by atoms with E-state index in [1.165, 1.54) is 4.31 Å². The van der Waals surface area contributed by atoms with Gasteiger partial charge in [-0.1, -0.05) is 0 Å². The van der Waals surface area contributed by atoms with Crippen LogP contribution in [0, 0.1) is 0 Å². The van der Waals surface area contributed by atoms with Crippen LogP contribution in [0.5, 0.6) is 0 Å². The van der Waals surface area contributed by atoms with Crippen LogP contribution in [0.3, 0.4) is 0 Å². The summed E-state index contributed by atoms with van der Waals surface area (Å²) >= 11 is 0. The Morgan fingerprint density at radius 3 is 2.60 bits per heavy atom. The lowest BCUT2D eigenvalue weighted by atomic mass is 10.1. The molecule has 5 nitrogen and oxygen atoms in total. The van der Waals surface area contributed by atoms with E-state index in [1.54, 1.807) is 0 Å². The Morgan fingerprint density at radius 1 is 1.53 bits per heavy atom. The molecule has 0 radical (unpaired) electrons. The van der Waals surface area contributed by atoms with E-state index in [4.69, 9.17) is 9.84 Å². The molecule has 0 aromatic rings. The Labute approximate surface area is 91.1 Å². The van der Waals surface area contributed by atoms with Gasteiger partial charge in [-0.3, -0.25) is 0 Å². The molecule has 0 aliphatic carbocycles. The molecule has 0 bridgehead atoms. The summed E-state index contributed by atoms with van der Waals surface area (Å²) in [5, 5.41) is 8.69. The predicted octanol–water partition coefficient (Wildman–Crippen LogP) is -0.192. The second-order valence-corrected chi connectivity index (χ2v) is 6.61. The van der Waals surface area contributed by atoms with Crippen molar-refractivity contribution in [3.05, 3.63) is 0 Å². The highest BCUT2D eigenvalue weighted by molar-refractivity contribution is 7.89. The van der Waals surface area contributed by atoms with Crippen molar-refractivity contribution in [1.29, 1.82) is 0 Å². The lowest BCUT2D eigenvalue weighted by Crippen LogP contribution is -2.54. The van der Waals surface area contributed by atoms with Gasteiger partial charge in [0, 0.05) is 13.1 Å². The molecule has 1 unspecified atom stereocenters. The second kappa shape index (κ2) is 4.37. The molecule has 0 aromatic heterocycles. The van der Waals surface area contributed by atoms with Crippen LogP contribution in [0.25, 0.3) is 0 Å². The van der Waals surface area contributed by atoms with Crippen molar-refractivity contribution in [2.24, 2.45) is 0 Å². The first-order chi connectivity index (χ1) is 6.77. The van der Waals surface area contributed by atoms with Crippen molar-refractivity contribution in [1.82, 2.24) is 4.31 Å². The Kier molecular flexibility index (Phi) is 3.76. The Balaban J connectivity index is 2.79. The quantitative estimate of drug-likeness (QED) is 0.738. The molecule has 15 heavy (non-hydrogen) atoms. The predicted molar refractivity (Wildman–Crippen MR) is 57.1 cm³/mol. The van der Waals surface area contributed by atoms with Gasteiger partial charge in [0.1, 0.15) is 0 Å². The number of aliphatic hydroxyl groups is 1. The van der Waals surface area contributed by atoms with Crippen LogP contribution in [-0.2, 0) is 14.8 Å². The fraction of sp³-hybridized carbons (Fsp3) is 1.00. The molecule has 1 atom stereocenters. The van der Waals surface area contributed by atoms with Crippen LogP contribution < -0.4 is 0 Å². The zero-order chi connectivity index (χ0) is 11.7. The van der Waals surface area contributed by atoms with Gasteiger partial charge in [0.25, 0.3) is 0 Å². The van der Waals surface area contributed by atoms with E-state index < -0.39 is 15.6 Å². The number of aliphatic hydroxyl groups excluding tert-OH is 1. The summed E-state index contributed by atoms with van der Waals surface area (Å²) in [5.41, 5.74) is -0.458. The van der Waals surface area contributed by atoms with Crippen LogP contribution in [0.1, 0.15) is 20.8 Å². The first-order valence-electron chi connectivity index (χ1n) is 5.03. The monoisotopic (exact) mass is 237 g/mol. The third-order valence-electron chi connectivity index (χ3n) is 2.28. The van der Waals surface area contributed by atoms with Crippen LogP contribution in [-0.4, -0.2) is 55.0 Å². The molecule has 1 aliphatic heterocycles. The summed E-state index contributed by atoms with van der Waals surface area (Å²) in [6.45, 7) is 5.95. The van der Waals surface area contributed by atoms with Gasteiger partial charge >= 0.3 is 0 Å². The number of ether oxygens (including phenoxy) is 1. The molecule has 1 rings (SSSR count). The van der Waals surface area contributed by atoms with Gasteiger partial charge < -0.3 is 9.84 Å². The molecule has 1 heterocycles. The van der Waals surface area contributed by atoms with Gasteiger partial charge in [-0.05, 0) is 20.8 Å². The van der Waals surface area contributed by atoms with E-state index in [1.807, 2.05) is 20.8 Å². The molecule has 0 aromatic carbocycles. The smallest absolute Gasteiger partial charge is 0.216 e. The third kappa shape index (κ3) is 3.41. The minimum Gasteiger partial charge on any atom is -0.395 e. The van der Waals surface area contributed by atoms with Crippen molar-refractivity contribution in [2.75, 3.05) is 25.4 Å². The van der Waals surface area contributed by atoms with E-state index in [-0.39, 0.29) is 18.5 Å². The van der Waals surface area contributed by atoms with E-state index in [2.05, 4.69) is 0 Å². The van der Waals surface area contributed by atoms with Crippen LogP contribution >= 0.6 is 0 Å². The topological polar surface area (TPSA) is 66.8 Å². The van der Waals surface area contributed by atoms with Gasteiger partial charge in [0.05, 0.1) is 24.1 Å². The van der Waals surface area contributed by atoms with Gasteiger partial charge in [0.15, 0.2) is 0 Å². The third-order valence-corrected chi connectivity index (χ3v) is 4.04. The molecule has 6 heteroatoms. The summed E-state index contributed by atoms with van der Waals surface area (Å²) in [5.74, 6) is -0.212. The number of sulfonamides is 1. The fourth-order valence-electron chi connectivity index (χ4n) is 1.85. The maximum atomic E-state index is 11.7. The summed E-state index contributed by atoms with van der Waals surface area (Å²) < 4.78 is 30.5. The van der Waals surface area contributed by atoms with Crippen molar-refractivity contribution >= 4 is 10.0 Å². The van der Waals surface area contributed by atoms with Gasteiger partial charge in [-0.15, -0.1) is 0 Å². The molecular formula is C9H19NO4S. The van der Waals surface area contributed by atoms with E-state index >= 15 is 0 Å².